The number of alkyl halides is 3. The molecule has 0 amide bonds. The number of anilines is 2. The molecule has 8 nitrogen and oxygen atoms in total. The second-order valence-corrected chi connectivity index (χ2v) is 10.4. The summed E-state index contributed by atoms with van der Waals surface area (Å²) < 4.78 is 62.9. The van der Waals surface area contributed by atoms with Gasteiger partial charge < -0.3 is 24.6 Å². The molecule has 0 radical (unpaired) electrons. The molecule has 0 unspecified atom stereocenters. The van der Waals surface area contributed by atoms with E-state index < -0.39 is 29.1 Å². The third-order valence-corrected chi connectivity index (χ3v) is 7.62. The number of nitrogens with zero attached hydrogens (tertiary/aromatic N) is 3. The summed E-state index contributed by atoms with van der Waals surface area (Å²) in [6, 6.07) is 18.3. The second-order valence-electron chi connectivity index (χ2n) is 10.4. The summed E-state index contributed by atoms with van der Waals surface area (Å²) in [6.45, 7) is 3.86. The van der Waals surface area contributed by atoms with Crippen molar-refractivity contribution >= 4 is 39.1 Å². The molecule has 0 aliphatic carbocycles. The topological polar surface area (TPSA) is 96.7 Å². The van der Waals surface area contributed by atoms with Gasteiger partial charge in [0.1, 0.15) is 6.54 Å². The molecule has 12 heteroatoms. The number of para-hydroxylation sites is 1. The smallest absolute Gasteiger partial charge is 0.417 e. The van der Waals surface area contributed by atoms with E-state index in [4.69, 9.17) is 9.84 Å². The molecule has 3 heterocycles. The van der Waals surface area contributed by atoms with Crippen LogP contribution in [0.1, 0.15) is 11.1 Å². The van der Waals surface area contributed by atoms with E-state index in [9.17, 15) is 27.2 Å². The van der Waals surface area contributed by atoms with Crippen LogP contribution < -0.4 is 15.8 Å². The summed E-state index contributed by atoms with van der Waals surface area (Å²) in [5.41, 5.74) is 0.0803. The zero-order valence-electron chi connectivity index (χ0n) is 24.5. The predicted molar refractivity (Wildman–Crippen MR) is 165 cm³/mol. The molecular weight excluding hydrogens is 592 g/mol. The lowest BCUT2D eigenvalue weighted by molar-refractivity contribution is -0.136. The van der Waals surface area contributed by atoms with Gasteiger partial charge in [-0.3, -0.25) is 9.59 Å². The Labute approximate surface area is 255 Å². The number of fused-ring (bicyclic) bond motifs is 2. The Morgan fingerprint density at radius 3 is 2.36 bits per heavy atom. The van der Waals surface area contributed by atoms with Crippen LogP contribution in [0.4, 0.5) is 29.1 Å². The summed E-state index contributed by atoms with van der Waals surface area (Å²) in [6.07, 6.45) is -3.20. The number of aromatic nitrogens is 2. The van der Waals surface area contributed by atoms with Gasteiger partial charge in [-0.05, 0) is 41.0 Å². The Morgan fingerprint density at radius 1 is 0.978 bits per heavy atom. The van der Waals surface area contributed by atoms with Gasteiger partial charge in [-0.1, -0.05) is 54.6 Å². The number of carboxylic acids is 1. The Bertz CT molecular complexity index is 1940. The maximum atomic E-state index is 14.1. The Morgan fingerprint density at radius 2 is 1.64 bits per heavy atom. The van der Waals surface area contributed by atoms with Crippen molar-refractivity contribution in [1.82, 2.24) is 9.55 Å². The molecule has 234 valence electrons. The van der Waals surface area contributed by atoms with E-state index in [0.29, 0.717) is 42.9 Å². The van der Waals surface area contributed by atoms with Crippen LogP contribution in [0.25, 0.3) is 32.8 Å². The fraction of sp³-hybridized carbons (Fsp3) is 0.242. The number of hydrogen-bond acceptors (Lipinski definition) is 6. The summed E-state index contributed by atoms with van der Waals surface area (Å²) in [5.74, 6) is -1.63. The predicted octanol–water partition coefficient (Wildman–Crippen LogP) is 6.24. The number of ether oxygens (including phenoxy) is 1. The SMILES string of the molecule is Cc1cccc2c(-c3c(C(F)(F)F)c4ccccc4n(C)c3=O)cccc12.O=C(O)CNc1nccc(N2CCOCC2)c1F. The molecule has 0 bridgehead atoms. The number of benzene rings is 3. The first kappa shape index (κ1) is 31.5. The molecule has 1 fully saturated rings. The van der Waals surface area contributed by atoms with Crippen molar-refractivity contribution in [3.05, 3.63) is 100 Å². The standard InChI is InChI=1S/C22H16F3NO.C11H14FN3O3/c1-13-7-5-10-15-14(13)9-6-11-16(15)19-20(22(23,24)25)17-8-3-4-12-18(17)26(2)21(19)27;12-10-8(15-3-5-18-6-4-15)1-2-13-11(10)14-7-9(16)17/h3-12H,1-2H3;1-2H,3-7H2,(H,13,14)(H,16,17). The highest BCUT2D eigenvalue weighted by atomic mass is 19.4. The van der Waals surface area contributed by atoms with Crippen molar-refractivity contribution in [3.8, 4) is 11.1 Å². The Hall–Kier alpha value is -4.97. The van der Waals surface area contributed by atoms with Gasteiger partial charge in [-0.15, -0.1) is 0 Å². The minimum absolute atomic E-state index is 0.0201. The lowest BCUT2D eigenvalue weighted by Crippen LogP contribution is -2.36. The van der Waals surface area contributed by atoms with Gasteiger partial charge in [-0.2, -0.15) is 13.2 Å². The van der Waals surface area contributed by atoms with Crippen LogP contribution in [-0.4, -0.2) is 53.5 Å². The Balaban J connectivity index is 0.000000194. The molecule has 1 saturated heterocycles. The van der Waals surface area contributed by atoms with E-state index in [-0.39, 0.29) is 28.8 Å². The first-order valence-electron chi connectivity index (χ1n) is 14.1. The largest absolute Gasteiger partial charge is 0.480 e. The summed E-state index contributed by atoms with van der Waals surface area (Å²) in [7, 11) is 1.50. The first-order valence-corrected chi connectivity index (χ1v) is 14.1. The summed E-state index contributed by atoms with van der Waals surface area (Å²) >= 11 is 0. The van der Waals surface area contributed by atoms with Crippen LogP contribution in [0.3, 0.4) is 0 Å². The number of aliphatic carboxylic acids is 1. The van der Waals surface area contributed by atoms with Crippen LogP contribution in [0.15, 0.2) is 77.7 Å². The van der Waals surface area contributed by atoms with E-state index in [1.807, 2.05) is 24.0 Å². The number of pyridine rings is 2. The van der Waals surface area contributed by atoms with Crippen LogP contribution in [0.5, 0.6) is 0 Å². The number of rotatable bonds is 5. The number of halogens is 4. The summed E-state index contributed by atoms with van der Waals surface area (Å²) in [5, 5.41) is 12.5. The van der Waals surface area contributed by atoms with Crippen molar-refractivity contribution in [2.75, 3.05) is 43.1 Å². The number of nitrogens with one attached hydrogen (secondary N) is 1. The van der Waals surface area contributed by atoms with Crippen molar-refractivity contribution in [1.29, 1.82) is 0 Å². The van der Waals surface area contributed by atoms with Crippen LogP contribution >= 0.6 is 0 Å². The van der Waals surface area contributed by atoms with Crippen LogP contribution in [0.2, 0.25) is 0 Å². The Kier molecular flexibility index (Phi) is 9.05. The van der Waals surface area contributed by atoms with Crippen molar-refractivity contribution < 1.29 is 32.2 Å². The maximum absolute atomic E-state index is 14.1. The second kappa shape index (κ2) is 12.9. The quantitative estimate of drug-likeness (QED) is 0.224. The molecule has 0 atom stereocenters. The zero-order valence-corrected chi connectivity index (χ0v) is 24.5. The highest BCUT2D eigenvalue weighted by Gasteiger charge is 2.38. The van der Waals surface area contributed by atoms with E-state index in [2.05, 4.69) is 10.3 Å². The highest BCUT2D eigenvalue weighted by molar-refractivity contribution is 6.01. The molecule has 45 heavy (non-hydrogen) atoms. The van der Waals surface area contributed by atoms with Crippen LogP contribution in [0, 0.1) is 12.7 Å². The van der Waals surface area contributed by atoms with Crippen molar-refractivity contribution in [3.63, 3.8) is 0 Å². The minimum Gasteiger partial charge on any atom is -0.480 e. The van der Waals surface area contributed by atoms with Gasteiger partial charge >= 0.3 is 12.1 Å². The highest BCUT2D eigenvalue weighted by Crippen LogP contribution is 2.41. The molecule has 5 aromatic rings. The molecule has 3 aromatic carbocycles. The lowest BCUT2D eigenvalue weighted by atomic mass is 9.92. The van der Waals surface area contributed by atoms with Gasteiger partial charge in [0.25, 0.3) is 5.56 Å². The fourth-order valence-electron chi connectivity index (χ4n) is 5.49. The third-order valence-electron chi connectivity index (χ3n) is 7.62. The van der Waals surface area contributed by atoms with Crippen molar-refractivity contribution in [2.45, 2.75) is 13.1 Å². The average Bonchev–Trinajstić information content (AvgIpc) is 3.02. The van der Waals surface area contributed by atoms with Crippen LogP contribution in [-0.2, 0) is 22.8 Å². The van der Waals surface area contributed by atoms with Gasteiger partial charge in [0, 0.05) is 31.7 Å². The lowest BCUT2D eigenvalue weighted by Gasteiger charge is -2.29. The van der Waals surface area contributed by atoms with E-state index in [0.717, 1.165) is 10.9 Å². The molecule has 6 rings (SSSR count). The maximum Gasteiger partial charge on any atom is 0.417 e. The van der Waals surface area contributed by atoms with Gasteiger partial charge in [0.2, 0.25) is 0 Å². The van der Waals surface area contributed by atoms with Gasteiger partial charge in [-0.25, -0.2) is 9.37 Å². The summed E-state index contributed by atoms with van der Waals surface area (Å²) in [4.78, 5) is 29.1. The number of carboxylic acid groups (broad SMARTS) is 1. The van der Waals surface area contributed by atoms with E-state index in [1.165, 1.54) is 29.9 Å². The van der Waals surface area contributed by atoms with Gasteiger partial charge in [0.05, 0.1) is 35.5 Å². The van der Waals surface area contributed by atoms with Crippen molar-refractivity contribution in [2.24, 2.45) is 7.05 Å². The molecule has 2 N–H and O–H groups in total. The third kappa shape index (κ3) is 6.46. The number of morpholine rings is 1. The molecule has 0 spiro atoms. The molecule has 1 aliphatic rings. The number of aryl methyl sites for hydroxylation is 2. The number of carbonyl (C=O) groups is 1. The minimum atomic E-state index is -4.66. The zero-order chi connectivity index (χ0) is 32.3. The first-order chi connectivity index (χ1) is 21.5. The molecule has 0 saturated carbocycles. The molecule has 2 aromatic heterocycles. The van der Waals surface area contributed by atoms with E-state index >= 15 is 0 Å². The fourth-order valence-corrected chi connectivity index (χ4v) is 5.49. The molecular formula is C33H30F4N4O4. The number of hydrogen-bond donors (Lipinski definition) is 2. The van der Waals surface area contributed by atoms with Gasteiger partial charge in [0.15, 0.2) is 11.6 Å². The molecule has 1 aliphatic heterocycles. The average molecular weight is 623 g/mol. The monoisotopic (exact) mass is 622 g/mol. The normalized spacial score (nSPS) is 13.4. The van der Waals surface area contributed by atoms with E-state index in [1.54, 1.807) is 42.5 Å².